The summed E-state index contributed by atoms with van der Waals surface area (Å²) < 4.78 is 5.59. The predicted molar refractivity (Wildman–Crippen MR) is 70.2 cm³/mol. The molecule has 0 saturated carbocycles. The Morgan fingerprint density at radius 1 is 1.35 bits per heavy atom. The van der Waals surface area contributed by atoms with E-state index in [2.05, 4.69) is 55.5 Å². The molecule has 0 radical (unpaired) electrons. The maximum Gasteiger partial charge on any atom is 0.0639 e. The van der Waals surface area contributed by atoms with Gasteiger partial charge in [0.15, 0.2) is 0 Å². The van der Waals surface area contributed by atoms with Gasteiger partial charge in [-0.3, -0.25) is 0 Å². The molecular formula is C14H22N2O. The normalized spacial score (nSPS) is 22.7. The van der Waals surface area contributed by atoms with E-state index in [0.29, 0.717) is 12.1 Å². The molecule has 0 spiro atoms. The Hall–Kier alpha value is -0.900. The molecule has 1 aromatic rings. The van der Waals surface area contributed by atoms with Crippen molar-refractivity contribution in [1.29, 1.82) is 0 Å². The maximum absolute atomic E-state index is 5.59. The molecule has 3 heteroatoms. The first-order valence-electron chi connectivity index (χ1n) is 6.23. The van der Waals surface area contributed by atoms with Crippen LogP contribution in [0.15, 0.2) is 24.3 Å². The molecule has 0 aliphatic carbocycles. The molecule has 2 atom stereocenters. The molecule has 1 heterocycles. The molecule has 0 aromatic heterocycles. The van der Waals surface area contributed by atoms with Crippen molar-refractivity contribution in [2.75, 3.05) is 33.9 Å². The van der Waals surface area contributed by atoms with Crippen molar-refractivity contribution in [3.8, 4) is 0 Å². The highest BCUT2D eigenvalue weighted by Gasteiger charge is 2.27. The van der Waals surface area contributed by atoms with E-state index in [0.717, 1.165) is 19.8 Å². The van der Waals surface area contributed by atoms with Crippen LogP contribution in [0.4, 0.5) is 0 Å². The number of nitrogens with zero attached hydrogens (tertiary/aromatic N) is 1. The van der Waals surface area contributed by atoms with E-state index in [4.69, 9.17) is 4.74 Å². The zero-order valence-corrected chi connectivity index (χ0v) is 10.9. The SMILES string of the molecule is Cc1ccccc1C(C1COCCN1)N(C)C. The Balaban J connectivity index is 2.25. The smallest absolute Gasteiger partial charge is 0.0639 e. The van der Waals surface area contributed by atoms with Crippen LogP contribution in [0.2, 0.25) is 0 Å². The molecule has 1 saturated heterocycles. The van der Waals surface area contributed by atoms with E-state index in [1.165, 1.54) is 11.1 Å². The summed E-state index contributed by atoms with van der Waals surface area (Å²) in [6, 6.07) is 9.35. The number of rotatable bonds is 3. The van der Waals surface area contributed by atoms with Crippen LogP contribution < -0.4 is 5.32 Å². The van der Waals surface area contributed by atoms with Crippen molar-refractivity contribution >= 4 is 0 Å². The Morgan fingerprint density at radius 3 is 2.71 bits per heavy atom. The number of aryl methyl sites for hydroxylation is 1. The fraction of sp³-hybridized carbons (Fsp3) is 0.571. The highest BCUT2D eigenvalue weighted by Crippen LogP contribution is 2.26. The van der Waals surface area contributed by atoms with Gasteiger partial charge >= 0.3 is 0 Å². The van der Waals surface area contributed by atoms with E-state index in [9.17, 15) is 0 Å². The zero-order valence-electron chi connectivity index (χ0n) is 10.9. The topological polar surface area (TPSA) is 24.5 Å². The van der Waals surface area contributed by atoms with Gasteiger partial charge in [0.25, 0.3) is 0 Å². The van der Waals surface area contributed by atoms with Crippen molar-refractivity contribution < 1.29 is 4.74 Å². The van der Waals surface area contributed by atoms with Gasteiger partial charge in [-0.05, 0) is 32.1 Å². The Labute approximate surface area is 104 Å². The van der Waals surface area contributed by atoms with Crippen LogP contribution in [0.3, 0.4) is 0 Å². The van der Waals surface area contributed by atoms with Crippen molar-refractivity contribution in [2.24, 2.45) is 0 Å². The molecule has 94 valence electrons. The average molecular weight is 234 g/mol. The summed E-state index contributed by atoms with van der Waals surface area (Å²) in [5.74, 6) is 0. The summed E-state index contributed by atoms with van der Waals surface area (Å²) >= 11 is 0. The lowest BCUT2D eigenvalue weighted by molar-refractivity contribution is 0.0458. The first-order valence-corrected chi connectivity index (χ1v) is 6.23. The molecule has 1 aliphatic rings. The fourth-order valence-electron chi connectivity index (χ4n) is 2.56. The van der Waals surface area contributed by atoms with Crippen LogP contribution in [0.1, 0.15) is 17.2 Å². The summed E-state index contributed by atoms with van der Waals surface area (Å²) in [4.78, 5) is 2.27. The largest absolute Gasteiger partial charge is 0.378 e. The van der Waals surface area contributed by atoms with Crippen molar-refractivity contribution in [3.05, 3.63) is 35.4 Å². The van der Waals surface area contributed by atoms with E-state index < -0.39 is 0 Å². The zero-order chi connectivity index (χ0) is 12.3. The number of hydrogen-bond donors (Lipinski definition) is 1. The van der Waals surface area contributed by atoms with E-state index in [1.54, 1.807) is 0 Å². The lowest BCUT2D eigenvalue weighted by atomic mass is 9.94. The van der Waals surface area contributed by atoms with Crippen molar-refractivity contribution in [3.63, 3.8) is 0 Å². The Kier molecular flexibility index (Phi) is 4.15. The highest BCUT2D eigenvalue weighted by atomic mass is 16.5. The predicted octanol–water partition coefficient (Wildman–Crippen LogP) is 1.59. The molecule has 0 amide bonds. The van der Waals surface area contributed by atoms with Crippen LogP contribution in [0.25, 0.3) is 0 Å². The minimum Gasteiger partial charge on any atom is -0.378 e. The van der Waals surface area contributed by atoms with Gasteiger partial charge in [0.2, 0.25) is 0 Å². The van der Waals surface area contributed by atoms with Crippen LogP contribution in [0, 0.1) is 6.92 Å². The molecule has 1 aromatic carbocycles. The monoisotopic (exact) mass is 234 g/mol. The van der Waals surface area contributed by atoms with Crippen LogP contribution in [-0.2, 0) is 4.74 Å². The molecule has 2 rings (SSSR count). The highest BCUT2D eigenvalue weighted by molar-refractivity contribution is 5.30. The number of ether oxygens (including phenoxy) is 1. The summed E-state index contributed by atoms with van der Waals surface area (Å²) in [6.45, 7) is 4.73. The van der Waals surface area contributed by atoms with Crippen molar-refractivity contribution in [1.82, 2.24) is 10.2 Å². The quantitative estimate of drug-likeness (QED) is 0.859. The first kappa shape index (κ1) is 12.6. The van der Waals surface area contributed by atoms with Gasteiger partial charge in [0, 0.05) is 6.54 Å². The van der Waals surface area contributed by atoms with Gasteiger partial charge in [-0.15, -0.1) is 0 Å². The molecule has 17 heavy (non-hydrogen) atoms. The molecule has 1 fully saturated rings. The minimum atomic E-state index is 0.372. The van der Waals surface area contributed by atoms with Gasteiger partial charge < -0.3 is 15.0 Å². The third-order valence-corrected chi connectivity index (χ3v) is 3.39. The number of hydrogen-bond acceptors (Lipinski definition) is 3. The first-order chi connectivity index (χ1) is 8.20. The van der Waals surface area contributed by atoms with Gasteiger partial charge in [-0.1, -0.05) is 24.3 Å². The second-order valence-electron chi connectivity index (χ2n) is 4.90. The molecule has 3 nitrogen and oxygen atoms in total. The average Bonchev–Trinajstić information content (AvgIpc) is 2.33. The number of morpholine rings is 1. The van der Waals surface area contributed by atoms with Crippen LogP contribution in [-0.4, -0.2) is 44.8 Å². The third kappa shape index (κ3) is 2.86. The van der Waals surface area contributed by atoms with E-state index >= 15 is 0 Å². The lowest BCUT2D eigenvalue weighted by Gasteiger charge is -2.36. The summed E-state index contributed by atoms with van der Waals surface area (Å²) in [5, 5.41) is 3.56. The Morgan fingerprint density at radius 2 is 2.12 bits per heavy atom. The number of nitrogens with one attached hydrogen (secondary N) is 1. The molecule has 1 aliphatic heterocycles. The maximum atomic E-state index is 5.59. The lowest BCUT2D eigenvalue weighted by Crippen LogP contribution is -2.49. The van der Waals surface area contributed by atoms with Gasteiger partial charge in [0.1, 0.15) is 0 Å². The van der Waals surface area contributed by atoms with Gasteiger partial charge in [-0.25, -0.2) is 0 Å². The molecule has 2 unspecified atom stereocenters. The van der Waals surface area contributed by atoms with Crippen LogP contribution in [0.5, 0.6) is 0 Å². The second-order valence-corrected chi connectivity index (χ2v) is 4.90. The third-order valence-electron chi connectivity index (χ3n) is 3.39. The van der Waals surface area contributed by atoms with E-state index in [1.807, 2.05) is 0 Å². The standard InChI is InChI=1S/C14H22N2O/c1-11-6-4-5-7-12(11)14(16(2)3)13-10-17-9-8-15-13/h4-7,13-15H,8-10H2,1-3H3. The molecular weight excluding hydrogens is 212 g/mol. The number of benzene rings is 1. The minimum absolute atomic E-state index is 0.372. The second kappa shape index (κ2) is 5.63. The summed E-state index contributed by atoms with van der Waals surface area (Å²) in [6.07, 6.45) is 0. The number of likely N-dealkylation sites (N-methyl/N-ethyl adjacent to an activating group) is 1. The van der Waals surface area contributed by atoms with Gasteiger partial charge in [-0.2, -0.15) is 0 Å². The molecule has 1 N–H and O–H groups in total. The fourth-order valence-corrected chi connectivity index (χ4v) is 2.56. The van der Waals surface area contributed by atoms with E-state index in [-0.39, 0.29) is 0 Å². The Bertz CT molecular complexity index is 359. The molecule has 0 bridgehead atoms. The summed E-state index contributed by atoms with van der Waals surface area (Å²) in [5.41, 5.74) is 2.74. The van der Waals surface area contributed by atoms with Gasteiger partial charge in [0.05, 0.1) is 25.3 Å². The summed E-state index contributed by atoms with van der Waals surface area (Å²) in [7, 11) is 4.26. The van der Waals surface area contributed by atoms with Crippen molar-refractivity contribution in [2.45, 2.75) is 19.0 Å². The van der Waals surface area contributed by atoms with Crippen LogP contribution >= 0.6 is 0 Å².